The maximum atomic E-state index is 11.8. The molecule has 6 nitrogen and oxygen atoms in total. The second-order valence-electron chi connectivity index (χ2n) is 6.27. The number of benzene rings is 2. The lowest BCUT2D eigenvalue weighted by Gasteiger charge is -2.16. The Morgan fingerprint density at radius 1 is 1.22 bits per heavy atom. The van der Waals surface area contributed by atoms with Crippen molar-refractivity contribution >= 4 is 39.9 Å². The summed E-state index contributed by atoms with van der Waals surface area (Å²) in [5, 5.41) is 8.05. The van der Waals surface area contributed by atoms with Crippen LogP contribution in [0.25, 0.3) is 0 Å². The number of amidine groups is 1. The van der Waals surface area contributed by atoms with E-state index in [1.807, 2.05) is 62.4 Å². The molecular weight excluding hydrogens is 360 g/mol. The Labute approximate surface area is 163 Å². The van der Waals surface area contributed by atoms with Gasteiger partial charge in [0, 0.05) is 17.4 Å². The fourth-order valence-corrected chi connectivity index (χ4v) is 3.16. The lowest BCUT2D eigenvalue weighted by atomic mass is 10.1. The fourth-order valence-electron chi connectivity index (χ4n) is 2.39. The van der Waals surface area contributed by atoms with Crippen molar-refractivity contribution in [3.63, 3.8) is 0 Å². The molecule has 2 N–H and O–H groups in total. The van der Waals surface area contributed by atoms with Gasteiger partial charge in [0.2, 0.25) is 5.91 Å². The molecule has 0 unspecified atom stereocenters. The van der Waals surface area contributed by atoms with Crippen LogP contribution in [0.3, 0.4) is 0 Å². The molecule has 1 aliphatic rings. The number of ether oxygens (including phenoxy) is 1. The van der Waals surface area contributed by atoms with E-state index in [1.165, 1.54) is 0 Å². The third-order valence-corrected chi connectivity index (χ3v) is 4.82. The maximum absolute atomic E-state index is 11.8. The Morgan fingerprint density at radius 2 is 1.96 bits per heavy atom. The molecule has 2 aromatic rings. The highest BCUT2D eigenvalue weighted by Crippen LogP contribution is 2.28. The minimum absolute atomic E-state index is 0.00664. The number of hydrazone groups is 1. The summed E-state index contributed by atoms with van der Waals surface area (Å²) in [5.41, 5.74) is 6.49. The van der Waals surface area contributed by atoms with Gasteiger partial charge in [-0.15, -0.1) is 0 Å². The zero-order chi connectivity index (χ0) is 19.2. The smallest absolute Gasteiger partial charge is 0.226 e. The third-order valence-electron chi connectivity index (χ3n) is 3.95. The topological polar surface area (TPSA) is 75.1 Å². The summed E-state index contributed by atoms with van der Waals surface area (Å²) >= 11 is 1.58. The highest BCUT2D eigenvalue weighted by Gasteiger charge is 2.14. The number of methoxy groups -OCH3 is 1. The molecule has 0 saturated carbocycles. The number of anilines is 1. The molecule has 7 heteroatoms. The number of thioether (sulfide) groups is 1. The lowest BCUT2D eigenvalue weighted by molar-refractivity contribution is -0.118. The molecule has 0 fully saturated rings. The predicted octanol–water partition coefficient (Wildman–Crippen LogP) is 4.02. The number of hydrogen-bond acceptors (Lipinski definition) is 5. The second kappa shape index (κ2) is 8.73. The molecule has 0 bridgehead atoms. The Hall–Kier alpha value is -2.80. The van der Waals surface area contributed by atoms with Crippen LogP contribution in [-0.2, 0) is 4.79 Å². The Balaban J connectivity index is 1.68. The molecule has 1 aliphatic heterocycles. The van der Waals surface area contributed by atoms with Crippen LogP contribution >= 0.6 is 11.8 Å². The molecule has 1 amide bonds. The third kappa shape index (κ3) is 4.89. The van der Waals surface area contributed by atoms with Crippen LogP contribution in [0.5, 0.6) is 5.75 Å². The van der Waals surface area contributed by atoms with Gasteiger partial charge in [0.15, 0.2) is 5.17 Å². The molecular formula is C20H22N4O2S. The molecule has 0 aromatic heterocycles. The number of nitrogens with zero attached hydrogens (tertiary/aromatic N) is 2. The highest BCUT2D eigenvalue weighted by atomic mass is 32.2. The van der Waals surface area contributed by atoms with Crippen LogP contribution in [0, 0.1) is 5.92 Å². The fraction of sp³-hybridized carbons (Fsp3) is 0.250. The summed E-state index contributed by atoms with van der Waals surface area (Å²) in [7, 11) is 1.63. The summed E-state index contributed by atoms with van der Waals surface area (Å²) in [5.74, 6) is 1.39. The van der Waals surface area contributed by atoms with E-state index in [9.17, 15) is 4.79 Å². The van der Waals surface area contributed by atoms with E-state index < -0.39 is 0 Å². The first-order valence-electron chi connectivity index (χ1n) is 8.65. The number of carbonyl (C=O) groups is 1. The number of carbonyl (C=O) groups excluding carboxylic acids is 1. The summed E-state index contributed by atoms with van der Waals surface area (Å²) < 4.78 is 5.32. The summed E-state index contributed by atoms with van der Waals surface area (Å²) in [6.45, 7) is 3.74. The molecule has 0 saturated heterocycles. The first-order valence-corrected chi connectivity index (χ1v) is 9.63. The molecule has 1 heterocycles. The second-order valence-corrected chi connectivity index (χ2v) is 7.23. The lowest BCUT2D eigenvalue weighted by Crippen LogP contribution is -2.25. The van der Waals surface area contributed by atoms with Gasteiger partial charge in [-0.25, -0.2) is 4.99 Å². The normalized spacial score (nSPS) is 15.3. The van der Waals surface area contributed by atoms with Crippen LogP contribution in [0.2, 0.25) is 0 Å². The van der Waals surface area contributed by atoms with Gasteiger partial charge >= 0.3 is 0 Å². The van der Waals surface area contributed by atoms with Crippen molar-refractivity contribution in [3.05, 3.63) is 54.1 Å². The van der Waals surface area contributed by atoms with E-state index in [0.29, 0.717) is 5.75 Å². The van der Waals surface area contributed by atoms with E-state index >= 15 is 0 Å². The van der Waals surface area contributed by atoms with Crippen LogP contribution < -0.4 is 15.5 Å². The molecule has 0 aliphatic carbocycles. The number of para-hydroxylation sites is 2. The number of amides is 1. The van der Waals surface area contributed by atoms with Gasteiger partial charge in [0.1, 0.15) is 11.4 Å². The van der Waals surface area contributed by atoms with Gasteiger partial charge in [0.25, 0.3) is 0 Å². The van der Waals surface area contributed by atoms with Crippen molar-refractivity contribution in [3.8, 4) is 5.75 Å². The summed E-state index contributed by atoms with van der Waals surface area (Å²) in [6, 6.07) is 15.3. The predicted molar refractivity (Wildman–Crippen MR) is 112 cm³/mol. The Bertz CT molecular complexity index is 876. The summed E-state index contributed by atoms with van der Waals surface area (Å²) in [6.07, 6.45) is 0. The van der Waals surface area contributed by atoms with Gasteiger partial charge < -0.3 is 10.1 Å². The van der Waals surface area contributed by atoms with Crippen molar-refractivity contribution in [2.24, 2.45) is 16.0 Å². The number of nitrogens with one attached hydrogen (secondary N) is 2. The van der Waals surface area contributed by atoms with Crippen molar-refractivity contribution in [1.82, 2.24) is 5.43 Å². The molecule has 0 radical (unpaired) electrons. The summed E-state index contributed by atoms with van der Waals surface area (Å²) in [4.78, 5) is 16.3. The van der Waals surface area contributed by atoms with Crippen molar-refractivity contribution in [2.45, 2.75) is 13.8 Å². The molecule has 2 aromatic carbocycles. The van der Waals surface area contributed by atoms with E-state index in [4.69, 9.17) is 4.74 Å². The number of hydrogen-bond donors (Lipinski definition) is 2. The monoisotopic (exact) mass is 382 g/mol. The standard InChI is InChI=1S/C20H22N4O2S/c1-13(2)19(25)21-15-10-8-14(9-11-15)17-12-27-20(24-23-17)22-16-6-4-5-7-18(16)26-3/h4-11,13H,12H2,1-3H3,(H,21,25)(H,22,24). The average molecular weight is 382 g/mol. The molecule has 0 spiro atoms. The average Bonchev–Trinajstić information content (AvgIpc) is 2.69. The quantitative estimate of drug-likeness (QED) is 0.819. The largest absolute Gasteiger partial charge is 0.494 e. The Morgan fingerprint density at radius 3 is 2.59 bits per heavy atom. The van der Waals surface area contributed by atoms with E-state index in [0.717, 1.165) is 33.6 Å². The van der Waals surface area contributed by atoms with E-state index in [-0.39, 0.29) is 11.8 Å². The van der Waals surface area contributed by atoms with E-state index in [1.54, 1.807) is 18.9 Å². The van der Waals surface area contributed by atoms with Crippen LogP contribution in [0.4, 0.5) is 11.4 Å². The van der Waals surface area contributed by atoms with Crippen molar-refractivity contribution in [2.75, 3.05) is 18.2 Å². The molecule has 3 rings (SSSR count). The first-order chi connectivity index (χ1) is 13.1. The zero-order valence-corrected chi connectivity index (χ0v) is 16.3. The minimum atomic E-state index is -0.0473. The van der Waals surface area contributed by atoms with Gasteiger partial charge in [-0.05, 0) is 29.8 Å². The SMILES string of the molecule is COc1ccccc1N=C1NN=C(c2ccc(NC(=O)C(C)C)cc2)CS1. The van der Waals surface area contributed by atoms with Gasteiger partial charge in [-0.1, -0.05) is 49.9 Å². The Kier molecular flexibility index (Phi) is 6.13. The van der Waals surface area contributed by atoms with Gasteiger partial charge in [-0.3, -0.25) is 10.2 Å². The van der Waals surface area contributed by atoms with Crippen LogP contribution in [-0.4, -0.2) is 29.6 Å². The zero-order valence-electron chi connectivity index (χ0n) is 15.5. The number of rotatable bonds is 5. The maximum Gasteiger partial charge on any atom is 0.226 e. The highest BCUT2D eigenvalue weighted by molar-refractivity contribution is 8.14. The van der Waals surface area contributed by atoms with Crippen LogP contribution in [0.15, 0.2) is 58.6 Å². The number of aliphatic imine (C=N–C) groups is 1. The van der Waals surface area contributed by atoms with E-state index in [2.05, 4.69) is 20.8 Å². The van der Waals surface area contributed by atoms with Gasteiger partial charge in [0.05, 0.1) is 12.8 Å². The molecule has 27 heavy (non-hydrogen) atoms. The van der Waals surface area contributed by atoms with Crippen LogP contribution in [0.1, 0.15) is 19.4 Å². The van der Waals surface area contributed by atoms with Crippen molar-refractivity contribution in [1.29, 1.82) is 0 Å². The first kappa shape index (κ1) is 19.0. The minimum Gasteiger partial charge on any atom is -0.494 e. The van der Waals surface area contributed by atoms with Gasteiger partial charge in [-0.2, -0.15) is 5.10 Å². The molecule has 0 atom stereocenters. The molecule has 140 valence electrons. The van der Waals surface area contributed by atoms with Crippen molar-refractivity contribution < 1.29 is 9.53 Å².